The van der Waals surface area contributed by atoms with E-state index in [0.717, 1.165) is 24.1 Å². The van der Waals surface area contributed by atoms with Crippen molar-refractivity contribution in [3.63, 3.8) is 0 Å². The molecule has 1 N–H and O–H groups in total. The third-order valence-corrected chi connectivity index (χ3v) is 3.68. The van der Waals surface area contributed by atoms with Crippen molar-refractivity contribution in [3.8, 4) is 0 Å². The van der Waals surface area contributed by atoms with Gasteiger partial charge in [-0.2, -0.15) is 0 Å². The first-order valence-electron chi connectivity index (χ1n) is 6.27. The Morgan fingerprint density at radius 2 is 2.06 bits per heavy atom. The number of hydrogen-bond donors (Lipinski definition) is 1. The highest BCUT2D eigenvalue weighted by Crippen LogP contribution is 2.38. The number of rotatable bonds is 4. The van der Waals surface area contributed by atoms with Crippen molar-refractivity contribution in [2.75, 3.05) is 11.4 Å². The van der Waals surface area contributed by atoms with E-state index in [-0.39, 0.29) is 5.92 Å². The van der Waals surface area contributed by atoms with Crippen LogP contribution in [0.1, 0.15) is 38.2 Å². The quantitative estimate of drug-likeness (QED) is 0.869. The highest BCUT2D eigenvalue weighted by atomic mass is 16.4. The van der Waals surface area contributed by atoms with Crippen LogP contribution in [0.15, 0.2) is 24.3 Å². The molecule has 1 unspecified atom stereocenters. The summed E-state index contributed by atoms with van der Waals surface area (Å²) in [7, 11) is 0. The summed E-state index contributed by atoms with van der Waals surface area (Å²) in [5.74, 6) is -1.09. The van der Waals surface area contributed by atoms with Crippen LogP contribution in [-0.4, -0.2) is 23.7 Å². The SMILES string of the molecule is CCC(CC)N1CC(C(=O)O)c2ccccc21. The summed E-state index contributed by atoms with van der Waals surface area (Å²) >= 11 is 0. The monoisotopic (exact) mass is 233 g/mol. The Bertz CT molecular complexity index is 412. The lowest BCUT2D eigenvalue weighted by Crippen LogP contribution is -2.34. The standard InChI is InChI=1S/C14H19NO2/c1-3-10(4-2)15-9-12(14(16)17)11-7-5-6-8-13(11)15/h5-8,10,12H,3-4,9H2,1-2H3,(H,16,17). The number of carboxylic acid groups (broad SMARTS) is 1. The topological polar surface area (TPSA) is 40.5 Å². The highest BCUT2D eigenvalue weighted by Gasteiger charge is 2.35. The van der Waals surface area contributed by atoms with E-state index in [9.17, 15) is 9.90 Å². The molecule has 0 aliphatic carbocycles. The summed E-state index contributed by atoms with van der Waals surface area (Å²) < 4.78 is 0. The smallest absolute Gasteiger partial charge is 0.312 e. The summed E-state index contributed by atoms with van der Waals surface area (Å²) in [5, 5.41) is 9.28. The van der Waals surface area contributed by atoms with Crippen molar-refractivity contribution < 1.29 is 9.90 Å². The van der Waals surface area contributed by atoms with Crippen LogP contribution in [0.5, 0.6) is 0 Å². The Balaban J connectivity index is 2.37. The molecule has 1 aliphatic heterocycles. The Hall–Kier alpha value is -1.51. The first-order chi connectivity index (χ1) is 8.19. The van der Waals surface area contributed by atoms with E-state index in [1.165, 1.54) is 0 Å². The maximum atomic E-state index is 11.3. The van der Waals surface area contributed by atoms with Gasteiger partial charge in [0.1, 0.15) is 5.92 Å². The van der Waals surface area contributed by atoms with Crippen LogP contribution in [0.3, 0.4) is 0 Å². The number of carboxylic acids is 1. The van der Waals surface area contributed by atoms with Crippen LogP contribution in [-0.2, 0) is 4.79 Å². The molecule has 1 aromatic rings. The lowest BCUT2D eigenvalue weighted by Gasteiger charge is -2.28. The highest BCUT2D eigenvalue weighted by molar-refractivity contribution is 5.83. The van der Waals surface area contributed by atoms with Gasteiger partial charge in [0, 0.05) is 18.3 Å². The molecule has 1 atom stereocenters. The number of nitrogens with zero attached hydrogens (tertiary/aromatic N) is 1. The van der Waals surface area contributed by atoms with Gasteiger partial charge in [-0.25, -0.2) is 0 Å². The van der Waals surface area contributed by atoms with Crippen molar-refractivity contribution in [2.45, 2.75) is 38.6 Å². The van der Waals surface area contributed by atoms with Gasteiger partial charge in [-0.05, 0) is 24.5 Å². The molecule has 0 fully saturated rings. The van der Waals surface area contributed by atoms with Crippen LogP contribution >= 0.6 is 0 Å². The number of benzene rings is 1. The fourth-order valence-corrected chi connectivity index (χ4v) is 2.72. The molecular formula is C14H19NO2. The zero-order chi connectivity index (χ0) is 12.4. The normalized spacial score (nSPS) is 18.5. The summed E-state index contributed by atoms with van der Waals surface area (Å²) in [6.45, 7) is 4.93. The Morgan fingerprint density at radius 1 is 1.41 bits per heavy atom. The minimum Gasteiger partial charge on any atom is -0.481 e. The van der Waals surface area contributed by atoms with Crippen molar-refractivity contribution in [3.05, 3.63) is 29.8 Å². The van der Waals surface area contributed by atoms with Crippen molar-refractivity contribution in [1.29, 1.82) is 0 Å². The summed E-state index contributed by atoms with van der Waals surface area (Å²) in [4.78, 5) is 13.5. The molecule has 1 aliphatic rings. The maximum absolute atomic E-state index is 11.3. The number of hydrogen-bond acceptors (Lipinski definition) is 2. The summed E-state index contributed by atoms with van der Waals surface area (Å²) in [6.07, 6.45) is 2.11. The molecule has 0 radical (unpaired) electrons. The number of carbonyl (C=O) groups is 1. The van der Waals surface area contributed by atoms with E-state index in [1.54, 1.807) is 0 Å². The minimum absolute atomic E-state index is 0.369. The maximum Gasteiger partial charge on any atom is 0.312 e. The van der Waals surface area contributed by atoms with Crippen molar-refractivity contribution in [1.82, 2.24) is 0 Å². The molecule has 2 rings (SSSR count). The van der Waals surface area contributed by atoms with Gasteiger partial charge < -0.3 is 10.0 Å². The first kappa shape index (κ1) is 12.0. The van der Waals surface area contributed by atoms with Gasteiger partial charge in [0.05, 0.1) is 0 Å². The Kier molecular flexibility index (Phi) is 3.36. The molecule has 0 aromatic heterocycles. The summed E-state index contributed by atoms with van der Waals surface area (Å²) in [5.41, 5.74) is 2.07. The molecule has 0 saturated carbocycles. The predicted octanol–water partition coefficient (Wildman–Crippen LogP) is 2.86. The van der Waals surface area contributed by atoms with Gasteiger partial charge in [0.15, 0.2) is 0 Å². The zero-order valence-electron chi connectivity index (χ0n) is 10.4. The number of aliphatic carboxylic acids is 1. The average Bonchev–Trinajstić information content (AvgIpc) is 2.71. The van der Waals surface area contributed by atoms with E-state index in [2.05, 4.69) is 18.7 Å². The second kappa shape index (κ2) is 4.78. The average molecular weight is 233 g/mol. The molecule has 0 bridgehead atoms. The van der Waals surface area contributed by atoms with Gasteiger partial charge in [0.2, 0.25) is 0 Å². The minimum atomic E-state index is -0.717. The molecule has 0 saturated heterocycles. The third-order valence-electron chi connectivity index (χ3n) is 3.68. The fraction of sp³-hybridized carbons (Fsp3) is 0.500. The molecule has 0 spiro atoms. The van der Waals surface area contributed by atoms with E-state index >= 15 is 0 Å². The van der Waals surface area contributed by atoms with Crippen LogP contribution in [0.25, 0.3) is 0 Å². The number of anilines is 1. The van der Waals surface area contributed by atoms with Crippen LogP contribution < -0.4 is 4.90 Å². The third kappa shape index (κ3) is 2.02. The van der Waals surface area contributed by atoms with Gasteiger partial charge in [0.25, 0.3) is 0 Å². The molecule has 1 aromatic carbocycles. The molecule has 0 amide bonds. The second-order valence-electron chi connectivity index (χ2n) is 4.57. The lowest BCUT2D eigenvalue weighted by molar-refractivity contribution is -0.138. The number of fused-ring (bicyclic) bond motifs is 1. The van der Waals surface area contributed by atoms with Gasteiger partial charge in [-0.1, -0.05) is 32.0 Å². The number of para-hydroxylation sites is 1. The van der Waals surface area contributed by atoms with Crippen LogP contribution in [0, 0.1) is 0 Å². The van der Waals surface area contributed by atoms with Gasteiger partial charge in [-0.3, -0.25) is 4.79 Å². The van der Waals surface area contributed by atoms with Crippen molar-refractivity contribution >= 4 is 11.7 Å². The van der Waals surface area contributed by atoms with Gasteiger partial charge >= 0.3 is 5.97 Å². The first-order valence-corrected chi connectivity index (χ1v) is 6.27. The molecule has 1 heterocycles. The molecule has 17 heavy (non-hydrogen) atoms. The molecule has 3 heteroatoms. The van der Waals surface area contributed by atoms with E-state index in [4.69, 9.17) is 0 Å². The predicted molar refractivity (Wildman–Crippen MR) is 68.5 cm³/mol. The van der Waals surface area contributed by atoms with Crippen LogP contribution in [0.2, 0.25) is 0 Å². The zero-order valence-corrected chi connectivity index (χ0v) is 10.4. The Labute approximate surface area is 102 Å². The largest absolute Gasteiger partial charge is 0.481 e. The van der Waals surface area contributed by atoms with E-state index < -0.39 is 5.97 Å². The van der Waals surface area contributed by atoms with Crippen molar-refractivity contribution in [2.24, 2.45) is 0 Å². The van der Waals surface area contributed by atoms with Crippen LogP contribution in [0.4, 0.5) is 5.69 Å². The molecule has 3 nitrogen and oxygen atoms in total. The molecular weight excluding hydrogens is 214 g/mol. The van der Waals surface area contributed by atoms with E-state index in [1.807, 2.05) is 24.3 Å². The lowest BCUT2D eigenvalue weighted by atomic mass is 10.0. The molecule has 92 valence electrons. The Morgan fingerprint density at radius 3 is 2.65 bits per heavy atom. The fourth-order valence-electron chi connectivity index (χ4n) is 2.72. The second-order valence-corrected chi connectivity index (χ2v) is 4.57. The van der Waals surface area contributed by atoms with E-state index in [0.29, 0.717) is 12.6 Å². The van der Waals surface area contributed by atoms with Gasteiger partial charge in [-0.15, -0.1) is 0 Å². The summed E-state index contributed by atoms with van der Waals surface area (Å²) in [6, 6.07) is 8.33.